The van der Waals surface area contributed by atoms with Crippen LogP contribution in [0.25, 0.3) is 16.7 Å². The Balaban J connectivity index is 1.38. The number of hydrogen-bond acceptors (Lipinski definition) is 3. The summed E-state index contributed by atoms with van der Waals surface area (Å²) >= 11 is 3.60. The van der Waals surface area contributed by atoms with Crippen LogP contribution in [0.4, 0.5) is 5.69 Å². The first-order valence-corrected chi connectivity index (χ1v) is 11.8. The molecule has 5 rings (SSSR count). The molecule has 1 N–H and O–H groups in total. The van der Waals surface area contributed by atoms with E-state index in [4.69, 9.17) is 4.98 Å². The summed E-state index contributed by atoms with van der Waals surface area (Å²) in [5, 5.41) is 3.07. The lowest BCUT2D eigenvalue weighted by atomic mass is 9.97. The minimum Gasteiger partial charge on any atom is -0.326 e. The molecule has 5 nitrogen and oxygen atoms in total. The second-order valence-corrected chi connectivity index (χ2v) is 9.18. The fraction of sp³-hybridized carbons (Fsp3) is 0.231. The van der Waals surface area contributed by atoms with Gasteiger partial charge in [-0.15, -0.1) is 0 Å². The molecule has 1 amide bonds. The average Bonchev–Trinajstić information content (AvgIpc) is 3.17. The van der Waals surface area contributed by atoms with Crippen molar-refractivity contribution in [1.82, 2.24) is 14.5 Å². The van der Waals surface area contributed by atoms with E-state index < -0.39 is 0 Å². The van der Waals surface area contributed by atoms with E-state index in [1.165, 1.54) is 0 Å². The lowest BCUT2D eigenvalue weighted by Gasteiger charge is -2.31. The second kappa shape index (κ2) is 9.27. The molecule has 3 aromatic carbocycles. The summed E-state index contributed by atoms with van der Waals surface area (Å²) in [6.45, 7) is 2.41. The number of piperidine rings is 1. The van der Waals surface area contributed by atoms with Crippen LogP contribution in [0.1, 0.15) is 18.7 Å². The molecule has 0 aliphatic carbocycles. The zero-order valence-electron chi connectivity index (χ0n) is 17.7. The van der Waals surface area contributed by atoms with E-state index in [2.05, 4.69) is 55.0 Å². The van der Waals surface area contributed by atoms with E-state index in [-0.39, 0.29) is 11.8 Å². The number of nitrogens with one attached hydrogen (secondary N) is 1. The Morgan fingerprint density at radius 3 is 2.69 bits per heavy atom. The molecule has 0 saturated carbocycles. The van der Waals surface area contributed by atoms with E-state index in [9.17, 15) is 4.79 Å². The summed E-state index contributed by atoms with van der Waals surface area (Å²) in [4.78, 5) is 20.2. The van der Waals surface area contributed by atoms with Gasteiger partial charge in [-0.2, -0.15) is 0 Å². The predicted octanol–water partition coefficient (Wildman–Crippen LogP) is 5.64. The molecule has 1 atom stereocenters. The van der Waals surface area contributed by atoms with Crippen LogP contribution in [0.15, 0.2) is 83.3 Å². The van der Waals surface area contributed by atoms with Crippen molar-refractivity contribution >= 4 is 38.6 Å². The standard InChI is InChI=1S/C26H25BrN4O/c27-20-9-6-12-22(16-20)31-24-14-5-4-13-23(24)29-25(31)18-30-15-7-8-19(17-30)26(32)28-21-10-2-1-3-11-21/h1-6,9-14,16,19H,7-8,15,17-18H2,(H,28,32)/t19-/m1/s1. The van der Waals surface area contributed by atoms with Crippen LogP contribution in [0, 0.1) is 5.92 Å². The van der Waals surface area contributed by atoms with Crippen molar-refractivity contribution in [1.29, 1.82) is 0 Å². The summed E-state index contributed by atoms with van der Waals surface area (Å²) in [6.07, 6.45) is 1.92. The molecule has 1 aromatic heterocycles. The van der Waals surface area contributed by atoms with Crippen molar-refractivity contribution in [2.75, 3.05) is 18.4 Å². The lowest BCUT2D eigenvalue weighted by Crippen LogP contribution is -2.40. The molecule has 0 unspecified atom stereocenters. The van der Waals surface area contributed by atoms with Gasteiger partial charge in [0.2, 0.25) is 5.91 Å². The summed E-state index contributed by atoms with van der Waals surface area (Å²) in [5.74, 6) is 1.07. The van der Waals surface area contributed by atoms with Crippen LogP contribution in [-0.4, -0.2) is 33.4 Å². The largest absolute Gasteiger partial charge is 0.326 e. The lowest BCUT2D eigenvalue weighted by molar-refractivity contribution is -0.121. The maximum absolute atomic E-state index is 12.9. The predicted molar refractivity (Wildman–Crippen MR) is 132 cm³/mol. The van der Waals surface area contributed by atoms with E-state index in [1.54, 1.807) is 0 Å². The summed E-state index contributed by atoms with van der Waals surface area (Å²) in [6, 6.07) is 26.2. The van der Waals surface area contributed by atoms with Gasteiger partial charge in [-0.3, -0.25) is 14.3 Å². The van der Waals surface area contributed by atoms with Crippen LogP contribution in [0.5, 0.6) is 0 Å². The molecular formula is C26H25BrN4O. The van der Waals surface area contributed by atoms with Crippen molar-refractivity contribution in [3.8, 4) is 5.69 Å². The van der Waals surface area contributed by atoms with Crippen LogP contribution >= 0.6 is 15.9 Å². The van der Waals surface area contributed by atoms with Crippen LogP contribution < -0.4 is 5.32 Å². The van der Waals surface area contributed by atoms with E-state index in [0.29, 0.717) is 6.54 Å². The quantitative estimate of drug-likeness (QED) is 0.395. The number of fused-ring (bicyclic) bond motifs is 1. The molecule has 0 spiro atoms. The number of likely N-dealkylation sites (tertiary alicyclic amines) is 1. The van der Waals surface area contributed by atoms with E-state index in [1.807, 2.05) is 54.6 Å². The third-order valence-electron chi connectivity index (χ3n) is 5.98. The number of aromatic nitrogens is 2. The third kappa shape index (κ3) is 4.47. The molecule has 0 bridgehead atoms. The minimum absolute atomic E-state index is 0.0207. The average molecular weight is 489 g/mol. The van der Waals surface area contributed by atoms with Gasteiger partial charge in [-0.05, 0) is 61.9 Å². The maximum atomic E-state index is 12.9. The van der Waals surface area contributed by atoms with E-state index >= 15 is 0 Å². The SMILES string of the molecule is O=C(Nc1ccccc1)[C@@H]1CCCN(Cc2nc3ccccc3n2-c2cccc(Br)c2)C1. The monoisotopic (exact) mass is 488 g/mol. The molecule has 1 saturated heterocycles. The summed E-state index contributed by atoms with van der Waals surface area (Å²) < 4.78 is 3.27. The Morgan fingerprint density at radius 2 is 1.84 bits per heavy atom. The third-order valence-corrected chi connectivity index (χ3v) is 6.47. The first kappa shape index (κ1) is 20.9. The summed E-state index contributed by atoms with van der Waals surface area (Å²) in [7, 11) is 0. The van der Waals surface area contributed by atoms with E-state index in [0.717, 1.165) is 58.6 Å². The molecular weight excluding hydrogens is 464 g/mol. The Labute approximate surface area is 196 Å². The highest BCUT2D eigenvalue weighted by molar-refractivity contribution is 9.10. The normalized spacial score (nSPS) is 16.8. The Hall–Kier alpha value is -2.96. The summed E-state index contributed by atoms with van der Waals surface area (Å²) in [5.41, 5.74) is 4.01. The number of hydrogen-bond donors (Lipinski definition) is 1. The minimum atomic E-state index is -0.0207. The maximum Gasteiger partial charge on any atom is 0.228 e. The number of imidazole rings is 1. The number of carbonyl (C=O) groups is 1. The number of rotatable bonds is 5. The molecule has 1 aliphatic rings. The van der Waals surface area contributed by atoms with Crippen LogP contribution in [0.2, 0.25) is 0 Å². The fourth-order valence-electron chi connectivity index (χ4n) is 4.46. The molecule has 32 heavy (non-hydrogen) atoms. The number of halogens is 1. The Bertz CT molecular complexity index is 1240. The Kier molecular flexibility index (Phi) is 6.06. The molecule has 4 aromatic rings. The van der Waals surface area contributed by atoms with Crippen molar-refractivity contribution in [3.05, 3.63) is 89.2 Å². The van der Waals surface area contributed by atoms with Gasteiger partial charge in [0.15, 0.2) is 0 Å². The molecule has 6 heteroatoms. The second-order valence-electron chi connectivity index (χ2n) is 8.26. The van der Waals surface area contributed by atoms with Gasteiger partial charge in [0.25, 0.3) is 0 Å². The number of carbonyl (C=O) groups excluding carboxylic acids is 1. The highest BCUT2D eigenvalue weighted by atomic mass is 79.9. The van der Waals surface area contributed by atoms with Gasteiger partial charge in [0.1, 0.15) is 5.82 Å². The first-order valence-electron chi connectivity index (χ1n) is 11.0. The molecule has 1 aliphatic heterocycles. The number of nitrogens with zero attached hydrogens (tertiary/aromatic N) is 3. The van der Waals surface area contributed by atoms with Gasteiger partial charge in [0, 0.05) is 22.4 Å². The number of amides is 1. The number of anilines is 1. The zero-order chi connectivity index (χ0) is 21.9. The van der Waals surface area contributed by atoms with Gasteiger partial charge in [-0.25, -0.2) is 4.98 Å². The van der Waals surface area contributed by atoms with Crippen LogP contribution in [-0.2, 0) is 11.3 Å². The molecule has 162 valence electrons. The zero-order valence-corrected chi connectivity index (χ0v) is 19.3. The molecule has 1 fully saturated rings. The van der Waals surface area contributed by atoms with Crippen molar-refractivity contribution in [2.45, 2.75) is 19.4 Å². The van der Waals surface area contributed by atoms with Crippen LogP contribution in [0.3, 0.4) is 0 Å². The van der Waals surface area contributed by atoms with Crippen molar-refractivity contribution in [2.24, 2.45) is 5.92 Å². The van der Waals surface area contributed by atoms with Crippen molar-refractivity contribution in [3.63, 3.8) is 0 Å². The smallest absolute Gasteiger partial charge is 0.228 e. The number of para-hydroxylation sites is 3. The highest BCUT2D eigenvalue weighted by Crippen LogP contribution is 2.26. The first-order chi connectivity index (χ1) is 15.7. The van der Waals surface area contributed by atoms with Crippen molar-refractivity contribution < 1.29 is 4.79 Å². The van der Waals surface area contributed by atoms with Gasteiger partial charge in [0.05, 0.1) is 23.5 Å². The molecule has 0 radical (unpaired) electrons. The van der Waals surface area contributed by atoms with Gasteiger partial charge < -0.3 is 5.32 Å². The van der Waals surface area contributed by atoms with Gasteiger partial charge >= 0.3 is 0 Å². The molecule has 2 heterocycles. The fourth-order valence-corrected chi connectivity index (χ4v) is 4.85. The topological polar surface area (TPSA) is 50.2 Å². The highest BCUT2D eigenvalue weighted by Gasteiger charge is 2.27. The number of benzene rings is 3. The Morgan fingerprint density at radius 1 is 1.03 bits per heavy atom. The van der Waals surface area contributed by atoms with Gasteiger partial charge in [-0.1, -0.05) is 52.3 Å².